The highest BCUT2D eigenvalue weighted by molar-refractivity contribution is 6.00. The predicted molar refractivity (Wildman–Crippen MR) is 53.6 cm³/mol. The third kappa shape index (κ3) is 1.71. The van der Waals surface area contributed by atoms with Crippen LogP contribution in [0.2, 0.25) is 0 Å². The van der Waals surface area contributed by atoms with Crippen LogP contribution in [0.4, 0.5) is 5.69 Å². The molecule has 0 aromatic heterocycles. The van der Waals surface area contributed by atoms with Gasteiger partial charge in [0.1, 0.15) is 5.84 Å². The van der Waals surface area contributed by atoms with E-state index in [4.69, 9.17) is 11.1 Å². The number of nitro benzene ring substituents is 1. The van der Waals surface area contributed by atoms with E-state index in [9.17, 15) is 10.1 Å². The van der Waals surface area contributed by atoms with Crippen molar-refractivity contribution >= 4 is 11.5 Å². The second-order valence-electron chi connectivity index (χ2n) is 3.15. The highest BCUT2D eigenvalue weighted by atomic mass is 16.6. The Kier molecular flexibility index (Phi) is 2.51. The summed E-state index contributed by atoms with van der Waals surface area (Å²) in [7, 11) is 0. The number of nitrogen functional groups attached to an aromatic ring is 1. The zero-order valence-corrected chi connectivity index (χ0v) is 8.00. The van der Waals surface area contributed by atoms with E-state index in [1.807, 2.05) is 0 Å². The number of nitro groups is 1. The molecule has 0 saturated carbocycles. The lowest BCUT2D eigenvalue weighted by atomic mass is 10.0. The lowest BCUT2D eigenvalue weighted by Crippen LogP contribution is -2.15. The average molecular weight is 193 g/mol. The van der Waals surface area contributed by atoms with Gasteiger partial charge in [-0.1, -0.05) is 6.07 Å². The fourth-order valence-corrected chi connectivity index (χ4v) is 1.44. The molecule has 0 aliphatic rings. The lowest BCUT2D eigenvalue weighted by molar-refractivity contribution is -0.385. The molecule has 74 valence electrons. The summed E-state index contributed by atoms with van der Waals surface area (Å²) in [4.78, 5) is 10.2. The largest absolute Gasteiger partial charge is 0.383 e. The fourth-order valence-electron chi connectivity index (χ4n) is 1.44. The summed E-state index contributed by atoms with van der Waals surface area (Å²) in [6.07, 6.45) is 0. The van der Waals surface area contributed by atoms with E-state index in [0.717, 1.165) is 5.56 Å². The number of rotatable bonds is 2. The second-order valence-corrected chi connectivity index (χ2v) is 3.15. The molecule has 1 rings (SSSR count). The van der Waals surface area contributed by atoms with Crippen molar-refractivity contribution in [3.05, 3.63) is 38.9 Å². The number of nitrogens with one attached hydrogen (secondary N) is 1. The first-order chi connectivity index (χ1) is 6.43. The van der Waals surface area contributed by atoms with Crippen LogP contribution < -0.4 is 5.73 Å². The Morgan fingerprint density at radius 1 is 1.50 bits per heavy atom. The van der Waals surface area contributed by atoms with E-state index in [1.54, 1.807) is 19.9 Å². The molecule has 0 radical (unpaired) electrons. The van der Waals surface area contributed by atoms with E-state index in [0.29, 0.717) is 5.56 Å². The van der Waals surface area contributed by atoms with Crippen LogP contribution in [0.1, 0.15) is 16.7 Å². The van der Waals surface area contributed by atoms with E-state index in [1.165, 1.54) is 6.07 Å². The first-order valence-corrected chi connectivity index (χ1v) is 4.03. The van der Waals surface area contributed by atoms with Crippen LogP contribution in [-0.4, -0.2) is 10.8 Å². The van der Waals surface area contributed by atoms with Crippen LogP contribution in [0.15, 0.2) is 12.1 Å². The van der Waals surface area contributed by atoms with Crippen molar-refractivity contribution < 1.29 is 4.92 Å². The molecule has 0 unspecified atom stereocenters. The van der Waals surface area contributed by atoms with Crippen molar-refractivity contribution in [1.29, 1.82) is 5.41 Å². The molecule has 0 amide bonds. The molecule has 5 nitrogen and oxygen atoms in total. The van der Waals surface area contributed by atoms with Crippen LogP contribution in [0.3, 0.4) is 0 Å². The van der Waals surface area contributed by atoms with Crippen LogP contribution >= 0.6 is 0 Å². The number of benzene rings is 1. The highest BCUT2D eigenvalue weighted by Crippen LogP contribution is 2.23. The number of aryl methyl sites for hydroxylation is 2. The molecular formula is C9H11N3O2. The minimum atomic E-state index is -0.517. The van der Waals surface area contributed by atoms with Crippen molar-refractivity contribution in [3.8, 4) is 0 Å². The smallest absolute Gasteiger partial charge is 0.280 e. The zero-order valence-electron chi connectivity index (χ0n) is 8.00. The maximum atomic E-state index is 10.7. The second kappa shape index (κ2) is 3.45. The van der Waals surface area contributed by atoms with E-state index >= 15 is 0 Å². The summed E-state index contributed by atoms with van der Waals surface area (Å²) >= 11 is 0. The number of nitrogens with zero attached hydrogens (tertiary/aromatic N) is 1. The van der Waals surface area contributed by atoms with E-state index < -0.39 is 4.92 Å². The van der Waals surface area contributed by atoms with Gasteiger partial charge >= 0.3 is 0 Å². The number of nitrogens with two attached hydrogens (primary N) is 1. The molecule has 0 spiro atoms. The SMILES string of the molecule is Cc1cc(C)c(C(=N)N)c([N+](=O)[O-])c1. The zero-order chi connectivity index (χ0) is 10.9. The molecule has 14 heavy (non-hydrogen) atoms. The molecule has 1 aromatic rings. The topological polar surface area (TPSA) is 93.0 Å². The molecule has 0 atom stereocenters. The van der Waals surface area contributed by atoms with Crippen molar-refractivity contribution in [2.24, 2.45) is 5.73 Å². The van der Waals surface area contributed by atoms with Gasteiger partial charge in [-0.15, -0.1) is 0 Å². The van der Waals surface area contributed by atoms with Gasteiger partial charge in [0.05, 0.1) is 10.5 Å². The lowest BCUT2D eigenvalue weighted by Gasteiger charge is -2.05. The summed E-state index contributed by atoms with van der Waals surface area (Å²) in [5, 5.41) is 17.9. The summed E-state index contributed by atoms with van der Waals surface area (Å²) < 4.78 is 0. The number of hydrogen-bond acceptors (Lipinski definition) is 3. The van der Waals surface area contributed by atoms with Crippen molar-refractivity contribution in [3.63, 3.8) is 0 Å². The quantitative estimate of drug-likeness (QED) is 0.322. The first-order valence-electron chi connectivity index (χ1n) is 4.03. The van der Waals surface area contributed by atoms with Crippen LogP contribution in [0.25, 0.3) is 0 Å². The summed E-state index contributed by atoms with van der Waals surface area (Å²) in [6.45, 7) is 3.47. The van der Waals surface area contributed by atoms with Gasteiger partial charge in [-0.2, -0.15) is 0 Å². The number of amidine groups is 1. The molecule has 1 aromatic carbocycles. The highest BCUT2D eigenvalue weighted by Gasteiger charge is 2.18. The Labute approximate surface area is 81.2 Å². The van der Waals surface area contributed by atoms with Gasteiger partial charge < -0.3 is 5.73 Å². The monoisotopic (exact) mass is 193 g/mol. The predicted octanol–water partition coefficient (Wildman–Crippen LogP) is 1.50. The Balaban J connectivity index is 3.52. The molecule has 5 heteroatoms. The maximum Gasteiger partial charge on any atom is 0.280 e. The van der Waals surface area contributed by atoms with Crippen molar-refractivity contribution in [2.75, 3.05) is 0 Å². The Bertz CT molecular complexity index is 413. The molecule has 0 fully saturated rings. The van der Waals surface area contributed by atoms with Crippen molar-refractivity contribution in [2.45, 2.75) is 13.8 Å². The van der Waals surface area contributed by atoms with Crippen molar-refractivity contribution in [1.82, 2.24) is 0 Å². The normalized spacial score (nSPS) is 9.86. The van der Waals surface area contributed by atoms with E-state index in [2.05, 4.69) is 0 Å². The van der Waals surface area contributed by atoms with Gasteiger partial charge in [-0.25, -0.2) is 0 Å². The molecule has 0 bridgehead atoms. The van der Waals surface area contributed by atoms with Gasteiger partial charge in [0.2, 0.25) is 0 Å². The summed E-state index contributed by atoms with van der Waals surface area (Å²) in [5.41, 5.74) is 6.84. The van der Waals surface area contributed by atoms with Gasteiger partial charge in [-0.05, 0) is 25.0 Å². The Morgan fingerprint density at radius 3 is 2.50 bits per heavy atom. The fraction of sp³-hybridized carbons (Fsp3) is 0.222. The molecule has 0 aliphatic carbocycles. The molecule has 0 aliphatic heterocycles. The summed E-state index contributed by atoms with van der Waals surface area (Å²) in [5.74, 6) is -0.269. The Hall–Kier alpha value is -1.91. The molecule has 3 N–H and O–H groups in total. The summed E-state index contributed by atoms with van der Waals surface area (Å²) in [6, 6.07) is 3.19. The van der Waals surface area contributed by atoms with Crippen LogP contribution in [0.5, 0.6) is 0 Å². The molecule has 0 heterocycles. The first kappa shape index (κ1) is 10.2. The third-order valence-corrected chi connectivity index (χ3v) is 1.93. The molecular weight excluding hydrogens is 182 g/mol. The number of hydrogen-bond donors (Lipinski definition) is 2. The minimum absolute atomic E-state index is 0.102. The Morgan fingerprint density at radius 2 is 2.07 bits per heavy atom. The third-order valence-electron chi connectivity index (χ3n) is 1.93. The van der Waals surface area contributed by atoms with Crippen LogP contribution in [0, 0.1) is 29.4 Å². The minimum Gasteiger partial charge on any atom is -0.383 e. The van der Waals surface area contributed by atoms with Gasteiger partial charge in [0.15, 0.2) is 0 Å². The maximum absolute atomic E-state index is 10.7. The average Bonchev–Trinajstić information content (AvgIpc) is 2.01. The van der Waals surface area contributed by atoms with E-state index in [-0.39, 0.29) is 17.1 Å². The van der Waals surface area contributed by atoms with Crippen LogP contribution in [-0.2, 0) is 0 Å². The van der Waals surface area contributed by atoms with Gasteiger partial charge in [-0.3, -0.25) is 15.5 Å². The van der Waals surface area contributed by atoms with Gasteiger partial charge in [0.25, 0.3) is 5.69 Å². The standard InChI is InChI=1S/C9H11N3O2/c1-5-3-6(2)8(9(10)11)7(4-5)12(13)14/h3-4H,1-2H3,(H3,10,11). The molecule has 0 saturated heterocycles. The van der Waals surface area contributed by atoms with Gasteiger partial charge in [0, 0.05) is 6.07 Å².